The third-order valence-corrected chi connectivity index (χ3v) is 3.10. The number of nitro groups is 1. The Balaban J connectivity index is 2.14. The summed E-state index contributed by atoms with van der Waals surface area (Å²) in [5, 5.41) is 14.2. The van der Waals surface area contributed by atoms with Crippen molar-refractivity contribution < 1.29 is 9.34 Å². The molecule has 1 N–H and O–H groups in total. The average molecular weight is 297 g/mol. The van der Waals surface area contributed by atoms with Crippen molar-refractivity contribution >= 4 is 18.5 Å². The van der Waals surface area contributed by atoms with Gasteiger partial charge in [-0.25, -0.2) is 4.68 Å². The first-order chi connectivity index (χ1) is 10.6. The molecule has 0 aliphatic heterocycles. The highest BCUT2D eigenvalue weighted by Crippen LogP contribution is 2.15. The molecule has 0 spiro atoms. The summed E-state index contributed by atoms with van der Waals surface area (Å²) in [4.78, 5) is 22.4. The van der Waals surface area contributed by atoms with E-state index in [-0.39, 0.29) is 22.4 Å². The number of hydrogen-bond donors (Lipinski definition) is 1. The zero-order valence-electron chi connectivity index (χ0n) is 11.4. The van der Waals surface area contributed by atoms with Gasteiger partial charge in [0.15, 0.2) is 0 Å². The molecule has 3 aromatic rings. The zero-order chi connectivity index (χ0) is 15.7. The van der Waals surface area contributed by atoms with Crippen LogP contribution >= 0.6 is 0 Å². The number of nitrogens with one attached hydrogen (secondary N) is 1. The molecule has 0 atom stereocenters. The maximum absolute atomic E-state index is 12.4. The first-order valence-corrected chi connectivity index (χ1v) is 6.37. The summed E-state index contributed by atoms with van der Waals surface area (Å²) < 4.78 is 6.38. The third-order valence-electron chi connectivity index (χ3n) is 3.10. The van der Waals surface area contributed by atoms with Gasteiger partial charge in [0, 0.05) is 0 Å². The van der Waals surface area contributed by atoms with Gasteiger partial charge in [-0.2, -0.15) is 0 Å². The molecular weight excluding hydrogens is 286 g/mol. The van der Waals surface area contributed by atoms with Crippen molar-refractivity contribution in [3.63, 3.8) is 0 Å². The third kappa shape index (κ3) is 2.35. The Labute approximate surface area is 123 Å². The van der Waals surface area contributed by atoms with Crippen molar-refractivity contribution in [1.29, 1.82) is 0 Å². The molecular formula is C15H11N3O4. The standard InChI is InChI=1S/C15H11N3O4/c1-10-13(9-12-7-8-14(22-12)18(20)21)15(19)17(16-10)11-5-3-2-4-6-11/h2-9,16H,1H2/b13-9-. The van der Waals surface area contributed by atoms with Gasteiger partial charge in [-0.05, 0) is 24.3 Å². The van der Waals surface area contributed by atoms with E-state index in [1.54, 1.807) is 12.1 Å². The Bertz CT molecular complexity index is 996. The van der Waals surface area contributed by atoms with Crippen LogP contribution in [0.25, 0.3) is 18.3 Å². The van der Waals surface area contributed by atoms with Crippen LogP contribution in [0.2, 0.25) is 0 Å². The van der Waals surface area contributed by atoms with E-state index in [2.05, 4.69) is 11.7 Å². The van der Waals surface area contributed by atoms with Crippen molar-refractivity contribution in [2.24, 2.45) is 0 Å². The van der Waals surface area contributed by atoms with Crippen molar-refractivity contribution in [2.75, 3.05) is 0 Å². The fraction of sp³-hybridized carbons (Fsp3) is 0. The minimum absolute atomic E-state index is 0.216. The van der Waals surface area contributed by atoms with Gasteiger partial charge in [-0.15, -0.1) is 0 Å². The Morgan fingerprint density at radius 1 is 1.23 bits per heavy atom. The van der Waals surface area contributed by atoms with Crippen molar-refractivity contribution in [2.45, 2.75) is 0 Å². The topological polar surface area (TPSA) is 94.1 Å². The van der Waals surface area contributed by atoms with Crippen molar-refractivity contribution in [1.82, 2.24) is 9.78 Å². The van der Waals surface area contributed by atoms with Crippen LogP contribution in [0, 0.1) is 10.1 Å². The van der Waals surface area contributed by atoms with Crippen LogP contribution in [0.3, 0.4) is 0 Å². The van der Waals surface area contributed by atoms with Gasteiger partial charge in [-0.1, -0.05) is 24.8 Å². The van der Waals surface area contributed by atoms with E-state index in [9.17, 15) is 14.9 Å². The first-order valence-electron chi connectivity index (χ1n) is 6.37. The van der Waals surface area contributed by atoms with Crippen LogP contribution in [-0.4, -0.2) is 14.7 Å². The maximum Gasteiger partial charge on any atom is 0.433 e. The van der Waals surface area contributed by atoms with Gasteiger partial charge in [0.05, 0.1) is 22.3 Å². The molecule has 110 valence electrons. The van der Waals surface area contributed by atoms with Crippen LogP contribution in [0.1, 0.15) is 5.76 Å². The summed E-state index contributed by atoms with van der Waals surface area (Å²) in [7, 11) is 0. The summed E-state index contributed by atoms with van der Waals surface area (Å²) in [6, 6.07) is 11.7. The number of aromatic nitrogens is 2. The molecule has 0 radical (unpaired) electrons. The molecule has 0 saturated carbocycles. The van der Waals surface area contributed by atoms with E-state index in [0.29, 0.717) is 11.0 Å². The molecule has 7 heteroatoms. The van der Waals surface area contributed by atoms with Gasteiger partial charge >= 0.3 is 5.88 Å². The Kier molecular flexibility index (Phi) is 3.23. The molecule has 3 rings (SSSR count). The number of H-pyrrole nitrogens is 1. The fourth-order valence-corrected chi connectivity index (χ4v) is 2.06. The molecule has 2 aromatic heterocycles. The highest BCUT2D eigenvalue weighted by Gasteiger charge is 2.11. The van der Waals surface area contributed by atoms with Gasteiger partial charge < -0.3 is 4.42 Å². The lowest BCUT2D eigenvalue weighted by Gasteiger charge is -1.98. The molecule has 0 bridgehead atoms. The molecule has 0 unspecified atom stereocenters. The maximum atomic E-state index is 12.4. The second-order valence-corrected chi connectivity index (χ2v) is 4.56. The molecule has 0 aliphatic carbocycles. The number of para-hydroxylation sites is 1. The van der Waals surface area contributed by atoms with Crippen molar-refractivity contribution in [3.8, 4) is 5.69 Å². The van der Waals surface area contributed by atoms with Gasteiger partial charge in [0.1, 0.15) is 10.7 Å². The fourth-order valence-electron chi connectivity index (χ4n) is 2.06. The van der Waals surface area contributed by atoms with E-state index in [1.807, 2.05) is 18.2 Å². The second kappa shape index (κ2) is 5.21. The minimum atomic E-state index is -0.637. The van der Waals surface area contributed by atoms with Gasteiger partial charge in [0.25, 0.3) is 5.56 Å². The highest BCUT2D eigenvalue weighted by molar-refractivity contribution is 5.45. The lowest BCUT2D eigenvalue weighted by molar-refractivity contribution is -0.402. The average Bonchev–Trinajstić information content (AvgIpc) is 3.09. The Morgan fingerprint density at radius 2 is 1.95 bits per heavy atom. The SMILES string of the molecule is C=c1[nH]n(-c2ccccc2)c(=O)/c1=C\c1ccc([N+](=O)[O-])o1. The lowest BCUT2D eigenvalue weighted by atomic mass is 10.3. The molecule has 7 nitrogen and oxygen atoms in total. The largest absolute Gasteiger partial charge is 0.433 e. The van der Waals surface area contributed by atoms with E-state index >= 15 is 0 Å². The van der Waals surface area contributed by atoms with Crippen LogP contribution in [0.5, 0.6) is 0 Å². The molecule has 0 fully saturated rings. The van der Waals surface area contributed by atoms with Crippen LogP contribution in [0.15, 0.2) is 51.7 Å². The number of nitrogens with zero attached hydrogens (tertiary/aromatic N) is 2. The van der Waals surface area contributed by atoms with E-state index in [1.165, 1.54) is 22.9 Å². The summed E-state index contributed by atoms with van der Waals surface area (Å²) in [6.07, 6.45) is 1.42. The zero-order valence-corrected chi connectivity index (χ0v) is 11.4. The number of benzene rings is 1. The van der Waals surface area contributed by atoms with Crippen LogP contribution in [0.4, 0.5) is 5.88 Å². The quantitative estimate of drug-likeness (QED) is 0.574. The molecule has 1 aromatic carbocycles. The van der Waals surface area contributed by atoms with E-state index in [0.717, 1.165) is 0 Å². The Morgan fingerprint density at radius 3 is 2.59 bits per heavy atom. The molecule has 0 amide bonds. The first kappa shape index (κ1) is 13.6. The monoisotopic (exact) mass is 297 g/mol. The molecule has 2 heterocycles. The second-order valence-electron chi connectivity index (χ2n) is 4.56. The normalized spacial score (nSPS) is 11.7. The predicted molar refractivity (Wildman–Crippen MR) is 80.1 cm³/mol. The van der Waals surface area contributed by atoms with E-state index < -0.39 is 4.92 Å². The summed E-state index contributed by atoms with van der Waals surface area (Å²) in [6.45, 7) is 3.78. The van der Waals surface area contributed by atoms with Gasteiger partial charge in [-0.3, -0.25) is 20.0 Å². The lowest BCUT2D eigenvalue weighted by Crippen LogP contribution is -2.33. The summed E-state index contributed by atoms with van der Waals surface area (Å²) in [5.74, 6) is -0.163. The summed E-state index contributed by atoms with van der Waals surface area (Å²) >= 11 is 0. The Hall–Kier alpha value is -3.35. The van der Waals surface area contributed by atoms with E-state index in [4.69, 9.17) is 4.42 Å². The number of rotatable bonds is 3. The molecule has 22 heavy (non-hydrogen) atoms. The molecule has 0 saturated heterocycles. The van der Waals surface area contributed by atoms with Gasteiger partial charge in [0.2, 0.25) is 0 Å². The summed E-state index contributed by atoms with van der Waals surface area (Å²) in [5.41, 5.74) is 0.359. The number of aromatic amines is 1. The van der Waals surface area contributed by atoms with Crippen LogP contribution < -0.4 is 16.1 Å². The number of furan rings is 1. The smallest absolute Gasteiger partial charge is 0.401 e. The number of hydrogen-bond acceptors (Lipinski definition) is 4. The minimum Gasteiger partial charge on any atom is -0.401 e. The van der Waals surface area contributed by atoms with Crippen molar-refractivity contribution in [3.05, 3.63) is 79.3 Å². The predicted octanol–water partition coefficient (Wildman–Crippen LogP) is 0.906. The highest BCUT2D eigenvalue weighted by atomic mass is 16.6. The van der Waals surface area contributed by atoms with Crippen LogP contribution in [-0.2, 0) is 0 Å². The molecule has 0 aliphatic rings.